The molecule has 0 aliphatic heterocycles. The summed E-state index contributed by atoms with van der Waals surface area (Å²) in [6.45, 7) is 3.14. The third kappa shape index (κ3) is 3.43. The zero-order valence-corrected chi connectivity index (χ0v) is 9.66. The lowest BCUT2D eigenvalue weighted by atomic mass is 10.1. The van der Waals surface area contributed by atoms with Crippen molar-refractivity contribution in [1.82, 2.24) is 5.32 Å². The molecule has 104 valence electrons. The van der Waals surface area contributed by atoms with E-state index in [9.17, 15) is 26.7 Å². The molecule has 8 heteroatoms. The highest BCUT2D eigenvalue weighted by Gasteiger charge is 2.39. The lowest BCUT2D eigenvalue weighted by molar-refractivity contribution is -0.172. The lowest BCUT2D eigenvalue weighted by Crippen LogP contribution is -2.35. The number of nitrogens with one attached hydrogen (secondary N) is 2. The van der Waals surface area contributed by atoms with Crippen molar-refractivity contribution in [2.45, 2.75) is 6.18 Å². The quantitative estimate of drug-likeness (QED) is 0.836. The Morgan fingerprint density at radius 3 is 2.32 bits per heavy atom. The second-order valence-corrected chi connectivity index (χ2v) is 3.49. The van der Waals surface area contributed by atoms with Gasteiger partial charge in [0, 0.05) is 24.5 Å². The van der Waals surface area contributed by atoms with Crippen LogP contribution in [0.1, 0.15) is 5.56 Å². The molecular formula is C11H9F5N2O. The minimum atomic E-state index is -5.13. The number of halogens is 5. The first kappa shape index (κ1) is 14.9. The summed E-state index contributed by atoms with van der Waals surface area (Å²) >= 11 is 0. The summed E-state index contributed by atoms with van der Waals surface area (Å²) in [5.74, 6) is -4.35. The normalized spacial score (nSPS) is 11.1. The predicted molar refractivity (Wildman–Crippen MR) is 59.1 cm³/mol. The van der Waals surface area contributed by atoms with Gasteiger partial charge in [-0.25, -0.2) is 8.78 Å². The Labute approximate surface area is 105 Å². The molecular weight excluding hydrogens is 271 g/mol. The lowest BCUT2D eigenvalue weighted by Gasteiger charge is -2.15. The molecule has 19 heavy (non-hydrogen) atoms. The van der Waals surface area contributed by atoms with E-state index < -0.39 is 35.0 Å². The largest absolute Gasteiger partial charge is 0.471 e. The maximum Gasteiger partial charge on any atom is 0.471 e. The summed E-state index contributed by atoms with van der Waals surface area (Å²) in [5.41, 5.74) is -1.20. The number of carbonyl (C=O) groups is 1. The third-order valence-corrected chi connectivity index (χ3v) is 2.15. The van der Waals surface area contributed by atoms with Crippen LogP contribution in [0.25, 0.3) is 5.70 Å². The standard InChI is InChI=1S/C11H9F5N2O/c1-5(18-10(19)11(14,15)16)9-7(13)3-6(12)4-8(9)17-2/h3-4,17H,1H2,2H3,(H,18,19). The van der Waals surface area contributed by atoms with Crippen molar-refractivity contribution < 1.29 is 26.7 Å². The molecule has 1 aromatic carbocycles. The molecule has 3 nitrogen and oxygen atoms in total. The van der Waals surface area contributed by atoms with Gasteiger partial charge >= 0.3 is 12.1 Å². The zero-order valence-electron chi connectivity index (χ0n) is 9.66. The topological polar surface area (TPSA) is 41.1 Å². The number of carbonyl (C=O) groups excluding carboxylic acids is 1. The first-order chi connectivity index (χ1) is 8.66. The molecule has 0 heterocycles. The van der Waals surface area contributed by atoms with Crippen LogP contribution < -0.4 is 10.6 Å². The van der Waals surface area contributed by atoms with Crippen molar-refractivity contribution in [3.63, 3.8) is 0 Å². The summed E-state index contributed by atoms with van der Waals surface area (Å²) in [6, 6.07) is 1.34. The molecule has 1 aromatic rings. The van der Waals surface area contributed by atoms with Crippen LogP contribution in [0.3, 0.4) is 0 Å². The van der Waals surface area contributed by atoms with Crippen LogP contribution in [0.5, 0.6) is 0 Å². The Balaban J connectivity index is 3.10. The van der Waals surface area contributed by atoms with Crippen LogP contribution in [-0.4, -0.2) is 19.1 Å². The van der Waals surface area contributed by atoms with Crippen molar-refractivity contribution in [2.75, 3.05) is 12.4 Å². The molecule has 1 rings (SSSR count). The van der Waals surface area contributed by atoms with Gasteiger partial charge in [-0.05, 0) is 6.07 Å². The van der Waals surface area contributed by atoms with E-state index in [0.29, 0.717) is 6.07 Å². The molecule has 0 bridgehead atoms. The van der Waals surface area contributed by atoms with Crippen LogP contribution in [0, 0.1) is 11.6 Å². The smallest absolute Gasteiger partial charge is 0.387 e. The number of amides is 1. The van der Waals surface area contributed by atoms with Gasteiger partial charge < -0.3 is 10.6 Å². The zero-order chi connectivity index (χ0) is 14.8. The highest BCUT2D eigenvalue weighted by Crippen LogP contribution is 2.26. The number of rotatable bonds is 3. The van der Waals surface area contributed by atoms with Gasteiger partial charge in [0.15, 0.2) is 0 Å². The monoisotopic (exact) mass is 280 g/mol. The maximum atomic E-state index is 13.5. The van der Waals surface area contributed by atoms with Crippen molar-refractivity contribution >= 4 is 17.3 Å². The summed E-state index contributed by atoms with van der Waals surface area (Å²) in [7, 11) is 1.32. The van der Waals surface area contributed by atoms with E-state index in [1.165, 1.54) is 12.4 Å². The Bertz CT molecular complexity index is 525. The summed E-state index contributed by atoms with van der Waals surface area (Å²) in [6.07, 6.45) is -5.13. The van der Waals surface area contributed by atoms with E-state index in [4.69, 9.17) is 0 Å². The van der Waals surface area contributed by atoms with Gasteiger partial charge in [-0.15, -0.1) is 0 Å². The second kappa shape index (κ2) is 5.25. The molecule has 0 aromatic heterocycles. The molecule has 0 aliphatic rings. The Morgan fingerprint density at radius 2 is 1.84 bits per heavy atom. The predicted octanol–water partition coefficient (Wildman–Crippen LogP) is 2.66. The Kier molecular flexibility index (Phi) is 4.13. The Hall–Kier alpha value is -2.12. The van der Waals surface area contributed by atoms with E-state index in [1.807, 2.05) is 0 Å². The van der Waals surface area contributed by atoms with Gasteiger partial charge in [-0.3, -0.25) is 4.79 Å². The fourth-order valence-corrected chi connectivity index (χ4v) is 1.35. The highest BCUT2D eigenvalue weighted by molar-refractivity contribution is 5.91. The number of hydrogen-bond acceptors (Lipinski definition) is 2. The van der Waals surface area contributed by atoms with Crippen molar-refractivity contribution in [2.24, 2.45) is 0 Å². The average Bonchev–Trinajstić information content (AvgIpc) is 2.25. The number of anilines is 1. The van der Waals surface area contributed by atoms with Crippen LogP contribution >= 0.6 is 0 Å². The maximum absolute atomic E-state index is 13.5. The van der Waals surface area contributed by atoms with Gasteiger partial charge in [0.25, 0.3) is 0 Å². The average molecular weight is 280 g/mol. The Morgan fingerprint density at radius 1 is 1.26 bits per heavy atom. The number of alkyl halides is 3. The van der Waals surface area contributed by atoms with Crippen molar-refractivity contribution in [1.29, 1.82) is 0 Å². The molecule has 0 atom stereocenters. The minimum Gasteiger partial charge on any atom is -0.387 e. The SMILES string of the molecule is C=C(NC(=O)C(F)(F)F)c1c(F)cc(F)cc1NC. The van der Waals surface area contributed by atoms with Gasteiger partial charge in [-0.2, -0.15) is 13.2 Å². The molecule has 0 unspecified atom stereocenters. The highest BCUT2D eigenvalue weighted by atomic mass is 19.4. The molecule has 2 N–H and O–H groups in total. The third-order valence-electron chi connectivity index (χ3n) is 2.15. The molecule has 0 aliphatic carbocycles. The van der Waals surface area contributed by atoms with Crippen molar-refractivity contribution in [3.8, 4) is 0 Å². The summed E-state index contributed by atoms with van der Waals surface area (Å²) < 4.78 is 62.6. The van der Waals surface area contributed by atoms with E-state index in [1.54, 1.807) is 0 Å². The number of benzene rings is 1. The van der Waals surface area contributed by atoms with Crippen LogP contribution in [0.2, 0.25) is 0 Å². The first-order valence-corrected chi connectivity index (χ1v) is 4.91. The van der Waals surface area contributed by atoms with E-state index in [-0.39, 0.29) is 5.69 Å². The minimum absolute atomic E-state index is 0.134. The van der Waals surface area contributed by atoms with E-state index in [2.05, 4.69) is 11.9 Å². The van der Waals surface area contributed by atoms with Gasteiger partial charge in [0.1, 0.15) is 11.6 Å². The molecule has 0 spiro atoms. The van der Waals surface area contributed by atoms with Crippen molar-refractivity contribution in [3.05, 3.63) is 35.9 Å². The molecule has 1 amide bonds. The molecule has 0 radical (unpaired) electrons. The summed E-state index contributed by atoms with van der Waals surface area (Å²) in [4.78, 5) is 10.7. The van der Waals surface area contributed by atoms with Crippen LogP contribution in [0.15, 0.2) is 18.7 Å². The fraction of sp³-hybridized carbons (Fsp3) is 0.182. The van der Waals surface area contributed by atoms with Gasteiger partial charge in [0.05, 0.1) is 5.56 Å². The molecule has 0 fully saturated rings. The summed E-state index contributed by atoms with van der Waals surface area (Å²) in [5, 5.41) is 3.81. The fourth-order valence-electron chi connectivity index (χ4n) is 1.35. The number of hydrogen-bond donors (Lipinski definition) is 2. The van der Waals surface area contributed by atoms with Gasteiger partial charge in [0.2, 0.25) is 0 Å². The van der Waals surface area contributed by atoms with E-state index in [0.717, 1.165) is 6.07 Å². The second-order valence-electron chi connectivity index (χ2n) is 3.49. The van der Waals surface area contributed by atoms with Gasteiger partial charge in [-0.1, -0.05) is 6.58 Å². The van der Waals surface area contributed by atoms with Crippen LogP contribution in [-0.2, 0) is 4.79 Å². The van der Waals surface area contributed by atoms with Crippen LogP contribution in [0.4, 0.5) is 27.6 Å². The molecule has 0 saturated heterocycles. The van der Waals surface area contributed by atoms with E-state index >= 15 is 0 Å². The first-order valence-electron chi connectivity index (χ1n) is 4.91. The molecule has 0 saturated carbocycles.